The molecule has 2 rings (SSSR count). The molecule has 0 aliphatic heterocycles. The summed E-state index contributed by atoms with van der Waals surface area (Å²) in [5, 5.41) is 4.44. The van der Waals surface area contributed by atoms with Crippen molar-refractivity contribution in [3.63, 3.8) is 0 Å². The normalized spacial score (nSPS) is 11.2. The molecule has 0 saturated carbocycles. The van der Waals surface area contributed by atoms with Crippen molar-refractivity contribution in [1.82, 2.24) is 15.3 Å². The Morgan fingerprint density at radius 2 is 2.11 bits per heavy atom. The highest BCUT2D eigenvalue weighted by Gasteiger charge is 2.09. The third kappa shape index (κ3) is 3.72. The molecule has 2 aromatic rings. The SMILES string of the molecule is CC(C)CNCc1ncc(-c2cccc(Cl)c2Cl)[nH]1. The summed E-state index contributed by atoms with van der Waals surface area (Å²) >= 11 is 12.2. The lowest BCUT2D eigenvalue weighted by Crippen LogP contribution is -2.19. The van der Waals surface area contributed by atoms with Gasteiger partial charge in [-0.3, -0.25) is 0 Å². The van der Waals surface area contributed by atoms with Gasteiger partial charge in [0.2, 0.25) is 0 Å². The third-order valence-corrected chi connectivity index (χ3v) is 3.53. The molecule has 0 unspecified atom stereocenters. The molecule has 0 bridgehead atoms. The zero-order valence-corrected chi connectivity index (χ0v) is 12.5. The molecule has 1 aromatic heterocycles. The first kappa shape index (κ1) is 14.4. The standard InChI is InChI=1S/C14H17Cl2N3/c1-9(2)6-17-8-13-18-7-12(19-13)10-4-3-5-11(15)14(10)16/h3-5,7,9,17H,6,8H2,1-2H3,(H,18,19). The van der Waals surface area contributed by atoms with Crippen LogP contribution < -0.4 is 5.32 Å². The molecule has 0 spiro atoms. The molecule has 0 amide bonds. The number of aromatic amines is 1. The lowest BCUT2D eigenvalue weighted by molar-refractivity contribution is 0.545. The quantitative estimate of drug-likeness (QED) is 0.871. The van der Waals surface area contributed by atoms with Gasteiger partial charge in [0, 0.05) is 5.56 Å². The highest BCUT2D eigenvalue weighted by atomic mass is 35.5. The molecule has 2 N–H and O–H groups in total. The Morgan fingerprint density at radius 3 is 2.84 bits per heavy atom. The Balaban J connectivity index is 2.10. The number of H-pyrrole nitrogens is 1. The van der Waals surface area contributed by atoms with Gasteiger partial charge in [-0.2, -0.15) is 0 Å². The van der Waals surface area contributed by atoms with E-state index in [0.29, 0.717) is 16.0 Å². The number of aromatic nitrogens is 2. The fourth-order valence-corrected chi connectivity index (χ4v) is 2.18. The first-order valence-electron chi connectivity index (χ1n) is 6.27. The minimum Gasteiger partial charge on any atom is -0.341 e. The summed E-state index contributed by atoms with van der Waals surface area (Å²) in [7, 11) is 0. The van der Waals surface area contributed by atoms with Crippen LogP contribution >= 0.6 is 23.2 Å². The van der Waals surface area contributed by atoms with Crippen molar-refractivity contribution < 1.29 is 0 Å². The predicted octanol–water partition coefficient (Wildman–Crippen LogP) is 4.13. The summed E-state index contributed by atoms with van der Waals surface area (Å²) < 4.78 is 0. The summed E-state index contributed by atoms with van der Waals surface area (Å²) in [6.07, 6.45) is 1.78. The zero-order chi connectivity index (χ0) is 13.8. The predicted molar refractivity (Wildman–Crippen MR) is 80.6 cm³/mol. The van der Waals surface area contributed by atoms with E-state index in [1.165, 1.54) is 0 Å². The topological polar surface area (TPSA) is 40.7 Å². The van der Waals surface area contributed by atoms with E-state index in [9.17, 15) is 0 Å². The van der Waals surface area contributed by atoms with Crippen LogP contribution in [0.1, 0.15) is 19.7 Å². The van der Waals surface area contributed by atoms with Gasteiger partial charge in [0.05, 0.1) is 28.5 Å². The largest absolute Gasteiger partial charge is 0.341 e. The average Bonchev–Trinajstić information content (AvgIpc) is 2.81. The maximum Gasteiger partial charge on any atom is 0.120 e. The van der Waals surface area contributed by atoms with Crippen molar-refractivity contribution in [1.29, 1.82) is 0 Å². The van der Waals surface area contributed by atoms with E-state index in [1.807, 2.05) is 12.1 Å². The average molecular weight is 298 g/mol. The molecule has 0 aliphatic carbocycles. The Hall–Kier alpha value is -1.03. The number of hydrogen-bond acceptors (Lipinski definition) is 2. The van der Waals surface area contributed by atoms with Crippen molar-refractivity contribution in [3.05, 3.63) is 40.3 Å². The number of nitrogens with zero attached hydrogens (tertiary/aromatic N) is 1. The smallest absolute Gasteiger partial charge is 0.120 e. The van der Waals surface area contributed by atoms with Crippen molar-refractivity contribution in [3.8, 4) is 11.3 Å². The van der Waals surface area contributed by atoms with E-state index in [0.717, 1.165) is 30.2 Å². The maximum atomic E-state index is 6.19. The fraction of sp³-hybridized carbons (Fsp3) is 0.357. The van der Waals surface area contributed by atoms with Crippen molar-refractivity contribution in [2.24, 2.45) is 5.92 Å². The van der Waals surface area contributed by atoms with Crippen LogP contribution in [0, 0.1) is 5.92 Å². The molecule has 5 heteroatoms. The highest BCUT2D eigenvalue weighted by Crippen LogP contribution is 2.32. The van der Waals surface area contributed by atoms with Gasteiger partial charge in [-0.25, -0.2) is 4.98 Å². The number of rotatable bonds is 5. The number of benzene rings is 1. The van der Waals surface area contributed by atoms with Gasteiger partial charge >= 0.3 is 0 Å². The van der Waals surface area contributed by atoms with Crippen LogP contribution in [-0.2, 0) is 6.54 Å². The minimum absolute atomic E-state index is 0.549. The summed E-state index contributed by atoms with van der Waals surface area (Å²) in [5.41, 5.74) is 1.76. The van der Waals surface area contributed by atoms with Gasteiger partial charge in [-0.1, -0.05) is 49.2 Å². The zero-order valence-electron chi connectivity index (χ0n) is 11.0. The molecule has 0 aliphatic rings. The van der Waals surface area contributed by atoms with E-state index >= 15 is 0 Å². The second-order valence-electron chi connectivity index (χ2n) is 4.87. The molecule has 19 heavy (non-hydrogen) atoms. The van der Waals surface area contributed by atoms with Crippen LogP contribution in [0.15, 0.2) is 24.4 Å². The van der Waals surface area contributed by atoms with Gasteiger partial charge in [0.15, 0.2) is 0 Å². The second-order valence-corrected chi connectivity index (χ2v) is 5.65. The summed E-state index contributed by atoms with van der Waals surface area (Å²) in [4.78, 5) is 7.59. The Kier molecular flexibility index (Phi) is 4.86. The fourth-order valence-electron chi connectivity index (χ4n) is 1.78. The lowest BCUT2D eigenvalue weighted by atomic mass is 10.2. The van der Waals surface area contributed by atoms with Gasteiger partial charge in [-0.05, 0) is 18.5 Å². The van der Waals surface area contributed by atoms with Crippen LogP contribution in [0.3, 0.4) is 0 Å². The Morgan fingerprint density at radius 1 is 1.32 bits per heavy atom. The number of imidazole rings is 1. The molecule has 1 aromatic carbocycles. The molecule has 0 atom stereocenters. The van der Waals surface area contributed by atoms with E-state index in [-0.39, 0.29) is 0 Å². The van der Waals surface area contributed by atoms with Crippen LogP contribution in [-0.4, -0.2) is 16.5 Å². The number of hydrogen-bond donors (Lipinski definition) is 2. The van der Waals surface area contributed by atoms with Crippen LogP contribution in [0.4, 0.5) is 0 Å². The summed E-state index contributed by atoms with van der Waals surface area (Å²) in [5.74, 6) is 1.52. The van der Waals surface area contributed by atoms with E-state index in [2.05, 4.69) is 29.1 Å². The first-order chi connectivity index (χ1) is 9.08. The van der Waals surface area contributed by atoms with E-state index in [4.69, 9.17) is 23.2 Å². The van der Waals surface area contributed by atoms with Crippen LogP contribution in [0.2, 0.25) is 10.0 Å². The van der Waals surface area contributed by atoms with Crippen LogP contribution in [0.5, 0.6) is 0 Å². The van der Waals surface area contributed by atoms with Gasteiger partial charge in [0.25, 0.3) is 0 Å². The first-order valence-corrected chi connectivity index (χ1v) is 7.02. The molecule has 0 fully saturated rings. The van der Waals surface area contributed by atoms with Gasteiger partial charge in [0.1, 0.15) is 5.82 Å². The molecule has 102 valence electrons. The van der Waals surface area contributed by atoms with Gasteiger partial charge in [-0.15, -0.1) is 0 Å². The van der Waals surface area contributed by atoms with Gasteiger partial charge < -0.3 is 10.3 Å². The molecule has 3 nitrogen and oxygen atoms in total. The second kappa shape index (κ2) is 6.42. The van der Waals surface area contributed by atoms with E-state index in [1.54, 1.807) is 12.3 Å². The van der Waals surface area contributed by atoms with Crippen molar-refractivity contribution >= 4 is 23.2 Å². The molecular formula is C14H17Cl2N3. The molecule has 0 saturated heterocycles. The number of halogens is 2. The van der Waals surface area contributed by atoms with E-state index < -0.39 is 0 Å². The van der Waals surface area contributed by atoms with Crippen LogP contribution in [0.25, 0.3) is 11.3 Å². The summed E-state index contributed by atoms with van der Waals surface area (Å²) in [6.45, 7) is 6.03. The highest BCUT2D eigenvalue weighted by molar-refractivity contribution is 6.43. The molecule has 0 radical (unpaired) electrons. The van der Waals surface area contributed by atoms with Crippen molar-refractivity contribution in [2.45, 2.75) is 20.4 Å². The molecular weight excluding hydrogens is 281 g/mol. The third-order valence-electron chi connectivity index (χ3n) is 2.72. The Bertz CT molecular complexity index is 549. The van der Waals surface area contributed by atoms with Crippen molar-refractivity contribution in [2.75, 3.05) is 6.54 Å². The molecule has 1 heterocycles. The number of nitrogens with one attached hydrogen (secondary N) is 2. The Labute approximate surface area is 123 Å². The maximum absolute atomic E-state index is 6.19. The lowest BCUT2D eigenvalue weighted by Gasteiger charge is -2.05. The summed E-state index contributed by atoms with van der Waals surface area (Å²) in [6, 6.07) is 5.57. The minimum atomic E-state index is 0.549. The monoisotopic (exact) mass is 297 g/mol.